The highest BCUT2D eigenvalue weighted by atomic mass is 35.5. The quantitative estimate of drug-likeness (QED) is 0.394. The zero-order valence-electron chi connectivity index (χ0n) is 6.52. The highest BCUT2D eigenvalue weighted by molar-refractivity contribution is 6.34. The van der Waals surface area contributed by atoms with Gasteiger partial charge >= 0.3 is 0 Å². The first kappa shape index (κ1) is 11.5. The van der Waals surface area contributed by atoms with Gasteiger partial charge in [-0.15, -0.1) is 11.6 Å². The van der Waals surface area contributed by atoms with Gasteiger partial charge in [-0.1, -0.05) is 11.6 Å². The van der Waals surface area contributed by atoms with Gasteiger partial charge in [-0.05, 0) is 18.9 Å². The van der Waals surface area contributed by atoms with Gasteiger partial charge in [-0.25, -0.2) is 0 Å². The van der Waals surface area contributed by atoms with E-state index < -0.39 is 0 Å². The number of halogens is 2. The second-order valence-electron chi connectivity index (χ2n) is 2.20. The summed E-state index contributed by atoms with van der Waals surface area (Å²) in [5.74, 6) is -0.243. The third kappa shape index (κ3) is 6.21. The molecule has 0 aliphatic carbocycles. The van der Waals surface area contributed by atoms with E-state index in [1.807, 2.05) is 6.07 Å². The van der Waals surface area contributed by atoms with E-state index >= 15 is 0 Å². The van der Waals surface area contributed by atoms with Gasteiger partial charge < -0.3 is 0 Å². The molecule has 0 fully saturated rings. The summed E-state index contributed by atoms with van der Waals surface area (Å²) in [5.41, 5.74) is 0. The molecule has 0 radical (unpaired) electrons. The number of hydrogen-bond acceptors (Lipinski definition) is 2. The van der Waals surface area contributed by atoms with E-state index in [0.717, 1.165) is 0 Å². The first-order valence-electron chi connectivity index (χ1n) is 3.52. The topological polar surface area (TPSA) is 40.9 Å². The van der Waals surface area contributed by atoms with Crippen molar-refractivity contribution in [1.82, 2.24) is 0 Å². The van der Waals surface area contributed by atoms with Crippen LogP contribution in [0.15, 0.2) is 11.1 Å². The van der Waals surface area contributed by atoms with Crippen LogP contribution in [0.1, 0.15) is 19.3 Å². The molecule has 0 saturated carbocycles. The summed E-state index contributed by atoms with van der Waals surface area (Å²) in [6.45, 7) is 0. The number of nitriles is 1. The van der Waals surface area contributed by atoms with Crippen molar-refractivity contribution < 1.29 is 4.79 Å². The molecule has 0 amide bonds. The number of carbonyl (C=O) groups excluding carboxylic acids is 1. The summed E-state index contributed by atoms with van der Waals surface area (Å²) in [7, 11) is 0. The van der Waals surface area contributed by atoms with E-state index in [2.05, 4.69) is 0 Å². The average Bonchev–Trinajstić information content (AvgIpc) is 2.05. The molecule has 0 atom stereocenters. The minimum atomic E-state index is -0.196. The van der Waals surface area contributed by atoms with Crippen molar-refractivity contribution in [1.29, 1.82) is 5.26 Å². The SMILES string of the molecule is N#CCCC/C(Cl)=C/C(=O)CCl. The minimum absolute atomic E-state index is 0.0472. The Morgan fingerprint density at radius 3 is 2.75 bits per heavy atom. The number of ketones is 1. The number of unbranched alkanes of at least 4 members (excludes halogenated alkanes) is 1. The summed E-state index contributed by atoms with van der Waals surface area (Å²) < 4.78 is 0. The maximum atomic E-state index is 10.7. The monoisotopic (exact) mass is 205 g/mol. The Hall–Kier alpha value is -0.520. The Morgan fingerprint density at radius 1 is 1.58 bits per heavy atom. The lowest BCUT2D eigenvalue weighted by molar-refractivity contribution is -0.112. The largest absolute Gasteiger partial charge is 0.293 e. The van der Waals surface area contributed by atoms with Crippen molar-refractivity contribution in [2.24, 2.45) is 0 Å². The second kappa shape index (κ2) is 7.15. The van der Waals surface area contributed by atoms with Gasteiger partial charge in [0.25, 0.3) is 0 Å². The van der Waals surface area contributed by atoms with Gasteiger partial charge in [0.2, 0.25) is 0 Å². The molecule has 0 N–H and O–H groups in total. The lowest BCUT2D eigenvalue weighted by atomic mass is 10.2. The van der Waals surface area contributed by atoms with Gasteiger partial charge in [0.1, 0.15) is 0 Å². The van der Waals surface area contributed by atoms with Gasteiger partial charge in [0, 0.05) is 11.5 Å². The Kier molecular flexibility index (Phi) is 6.84. The molecule has 0 spiro atoms. The van der Waals surface area contributed by atoms with E-state index in [9.17, 15) is 4.79 Å². The highest BCUT2D eigenvalue weighted by Gasteiger charge is 1.97. The molecule has 0 aromatic carbocycles. The van der Waals surface area contributed by atoms with Crippen molar-refractivity contribution in [3.8, 4) is 6.07 Å². The fourth-order valence-electron chi connectivity index (χ4n) is 0.622. The van der Waals surface area contributed by atoms with Crippen molar-refractivity contribution in [3.63, 3.8) is 0 Å². The van der Waals surface area contributed by atoms with E-state index in [0.29, 0.717) is 24.3 Å². The lowest BCUT2D eigenvalue weighted by Crippen LogP contribution is -1.93. The molecule has 12 heavy (non-hydrogen) atoms. The molecular formula is C8H9Cl2NO. The standard InChI is InChI=1S/C8H9Cl2NO/c9-6-8(12)5-7(10)3-1-2-4-11/h5H,1-3,6H2/b7-5-. The number of alkyl halides is 1. The van der Waals surface area contributed by atoms with E-state index in [-0.39, 0.29) is 11.7 Å². The van der Waals surface area contributed by atoms with Crippen LogP contribution in [0.5, 0.6) is 0 Å². The highest BCUT2D eigenvalue weighted by Crippen LogP contribution is 2.11. The fraction of sp³-hybridized carbons (Fsp3) is 0.500. The normalized spacial score (nSPS) is 10.9. The van der Waals surface area contributed by atoms with E-state index in [4.69, 9.17) is 28.5 Å². The molecule has 66 valence electrons. The molecule has 0 aliphatic rings. The maximum absolute atomic E-state index is 10.7. The van der Waals surface area contributed by atoms with Crippen LogP contribution < -0.4 is 0 Å². The Bertz CT molecular complexity index is 218. The van der Waals surface area contributed by atoms with Crippen LogP contribution in [0.25, 0.3) is 0 Å². The molecule has 0 saturated heterocycles. The smallest absolute Gasteiger partial charge is 0.171 e. The molecule has 0 heterocycles. The summed E-state index contributed by atoms with van der Waals surface area (Å²) in [6.07, 6.45) is 3.02. The average molecular weight is 206 g/mol. The second-order valence-corrected chi connectivity index (χ2v) is 2.96. The van der Waals surface area contributed by atoms with Crippen LogP contribution >= 0.6 is 23.2 Å². The van der Waals surface area contributed by atoms with Crippen LogP contribution in [0.3, 0.4) is 0 Å². The number of carbonyl (C=O) groups is 1. The molecule has 0 unspecified atom stereocenters. The molecule has 0 aliphatic heterocycles. The van der Waals surface area contributed by atoms with Crippen LogP contribution in [-0.4, -0.2) is 11.7 Å². The Morgan fingerprint density at radius 2 is 2.25 bits per heavy atom. The molecule has 0 aromatic rings. The number of allylic oxidation sites excluding steroid dienone is 2. The first-order valence-corrected chi connectivity index (χ1v) is 4.43. The summed E-state index contributed by atoms with van der Waals surface area (Å²) in [5, 5.41) is 8.68. The zero-order chi connectivity index (χ0) is 9.40. The summed E-state index contributed by atoms with van der Waals surface area (Å²) >= 11 is 10.9. The number of hydrogen-bond donors (Lipinski definition) is 0. The van der Waals surface area contributed by atoms with Crippen LogP contribution in [0.4, 0.5) is 0 Å². The predicted molar refractivity (Wildman–Crippen MR) is 49.1 cm³/mol. The molecular weight excluding hydrogens is 197 g/mol. The van der Waals surface area contributed by atoms with Crippen molar-refractivity contribution in [3.05, 3.63) is 11.1 Å². The number of nitrogens with zero attached hydrogens (tertiary/aromatic N) is 1. The Labute approximate surface area is 81.8 Å². The Balaban J connectivity index is 3.71. The molecule has 0 bridgehead atoms. The molecule has 2 nitrogen and oxygen atoms in total. The van der Waals surface area contributed by atoms with Crippen molar-refractivity contribution in [2.75, 3.05) is 5.88 Å². The van der Waals surface area contributed by atoms with Gasteiger partial charge in [0.05, 0.1) is 11.9 Å². The van der Waals surface area contributed by atoms with E-state index in [1.54, 1.807) is 0 Å². The minimum Gasteiger partial charge on any atom is -0.293 e. The summed E-state index contributed by atoms with van der Waals surface area (Å²) in [6, 6.07) is 1.99. The fourth-order valence-corrected chi connectivity index (χ4v) is 0.954. The van der Waals surface area contributed by atoms with Crippen LogP contribution in [0, 0.1) is 11.3 Å². The predicted octanol–water partition coefficient (Wildman–Crippen LogP) is 2.61. The molecule has 0 aromatic heterocycles. The zero-order valence-corrected chi connectivity index (χ0v) is 8.03. The van der Waals surface area contributed by atoms with Crippen LogP contribution in [-0.2, 0) is 4.79 Å². The summed E-state index contributed by atoms with van der Waals surface area (Å²) in [4.78, 5) is 10.7. The van der Waals surface area contributed by atoms with Crippen molar-refractivity contribution in [2.45, 2.75) is 19.3 Å². The first-order chi connectivity index (χ1) is 5.70. The number of rotatable bonds is 5. The van der Waals surface area contributed by atoms with Crippen molar-refractivity contribution >= 4 is 29.0 Å². The molecule has 0 rings (SSSR count). The third-order valence-electron chi connectivity index (χ3n) is 1.15. The van der Waals surface area contributed by atoms with Crippen LogP contribution in [0.2, 0.25) is 0 Å². The van der Waals surface area contributed by atoms with Gasteiger partial charge in [-0.2, -0.15) is 5.26 Å². The van der Waals surface area contributed by atoms with Gasteiger partial charge in [-0.3, -0.25) is 4.79 Å². The van der Waals surface area contributed by atoms with E-state index in [1.165, 1.54) is 6.08 Å². The maximum Gasteiger partial charge on any atom is 0.171 e. The lowest BCUT2D eigenvalue weighted by Gasteiger charge is -1.93. The van der Waals surface area contributed by atoms with Gasteiger partial charge in [0.15, 0.2) is 5.78 Å². The molecule has 4 heteroatoms. The third-order valence-corrected chi connectivity index (χ3v) is 1.71.